The quantitative estimate of drug-likeness (QED) is 0.864. The zero-order valence-corrected chi connectivity index (χ0v) is 12.5. The molecule has 1 aliphatic heterocycles. The number of rotatable bonds is 3. The number of piperidine rings is 1. The van der Waals surface area contributed by atoms with Gasteiger partial charge in [0.1, 0.15) is 0 Å². The maximum absolute atomic E-state index is 12.6. The second kappa shape index (κ2) is 5.23. The summed E-state index contributed by atoms with van der Waals surface area (Å²) in [5.41, 5.74) is 0.833. The summed E-state index contributed by atoms with van der Waals surface area (Å²) in [4.78, 5) is 22.9. The summed E-state index contributed by atoms with van der Waals surface area (Å²) in [5, 5.41) is 3.83. The number of nitrogens with zero attached hydrogens (tertiary/aromatic N) is 4. The molecule has 2 aromatic rings. The van der Waals surface area contributed by atoms with Crippen LogP contribution in [-0.2, 0) is 0 Å². The van der Waals surface area contributed by atoms with Gasteiger partial charge in [-0.1, -0.05) is 5.16 Å². The van der Waals surface area contributed by atoms with Gasteiger partial charge in [0.15, 0.2) is 12.2 Å². The highest BCUT2D eigenvalue weighted by molar-refractivity contribution is 5.92. The van der Waals surface area contributed by atoms with E-state index in [2.05, 4.69) is 15.1 Å². The smallest absolute Gasteiger partial charge is 0.291 e. The number of amides is 1. The number of aromatic nitrogens is 3. The number of hydrogen-bond acceptors (Lipinski definition) is 6. The van der Waals surface area contributed by atoms with Crippen molar-refractivity contribution in [3.05, 3.63) is 29.6 Å². The van der Waals surface area contributed by atoms with Gasteiger partial charge in [-0.15, -0.1) is 0 Å². The van der Waals surface area contributed by atoms with Crippen LogP contribution >= 0.6 is 0 Å². The maximum Gasteiger partial charge on any atom is 0.291 e. The van der Waals surface area contributed by atoms with E-state index in [4.69, 9.17) is 8.94 Å². The molecule has 116 valence electrons. The second-order valence-electron chi connectivity index (χ2n) is 6.09. The van der Waals surface area contributed by atoms with Gasteiger partial charge in [0.2, 0.25) is 11.7 Å². The van der Waals surface area contributed by atoms with Crippen molar-refractivity contribution in [1.82, 2.24) is 20.0 Å². The van der Waals surface area contributed by atoms with Crippen molar-refractivity contribution in [2.75, 3.05) is 13.1 Å². The molecule has 1 amide bonds. The van der Waals surface area contributed by atoms with E-state index in [0.29, 0.717) is 36.5 Å². The number of carbonyl (C=O) groups is 1. The molecule has 0 unspecified atom stereocenters. The van der Waals surface area contributed by atoms with E-state index < -0.39 is 0 Å². The zero-order chi connectivity index (χ0) is 15.1. The predicted octanol–water partition coefficient (Wildman–Crippen LogP) is 2.26. The fraction of sp³-hybridized carbons (Fsp3) is 0.600. The Morgan fingerprint density at radius 2 is 2.00 bits per heavy atom. The minimum absolute atomic E-state index is 0.0421. The first-order valence-electron chi connectivity index (χ1n) is 7.75. The van der Waals surface area contributed by atoms with Crippen LogP contribution in [0.3, 0.4) is 0 Å². The van der Waals surface area contributed by atoms with Crippen LogP contribution in [0.4, 0.5) is 0 Å². The van der Waals surface area contributed by atoms with Crippen molar-refractivity contribution in [3.8, 4) is 0 Å². The molecule has 2 fully saturated rings. The van der Waals surface area contributed by atoms with E-state index >= 15 is 0 Å². The molecular formula is C15H18N4O3. The van der Waals surface area contributed by atoms with Crippen LogP contribution in [0.25, 0.3) is 0 Å². The van der Waals surface area contributed by atoms with Crippen molar-refractivity contribution >= 4 is 5.91 Å². The Kier molecular flexibility index (Phi) is 3.20. The first-order valence-corrected chi connectivity index (χ1v) is 7.75. The third-order valence-corrected chi connectivity index (χ3v) is 4.43. The van der Waals surface area contributed by atoms with Crippen molar-refractivity contribution in [3.63, 3.8) is 0 Å². The molecule has 0 radical (unpaired) electrons. The SMILES string of the molecule is Cc1noc(C2CCN(C(=O)c3ocnc3C3CC3)CC2)n1. The van der Waals surface area contributed by atoms with Gasteiger partial charge >= 0.3 is 0 Å². The molecule has 7 nitrogen and oxygen atoms in total. The Balaban J connectivity index is 1.42. The lowest BCUT2D eigenvalue weighted by molar-refractivity contribution is 0.0671. The Hall–Kier alpha value is -2.18. The average Bonchev–Trinajstić information content (AvgIpc) is 3.10. The van der Waals surface area contributed by atoms with Crippen LogP contribution < -0.4 is 0 Å². The molecular weight excluding hydrogens is 284 g/mol. The Morgan fingerprint density at radius 3 is 2.64 bits per heavy atom. The molecule has 2 aromatic heterocycles. The van der Waals surface area contributed by atoms with E-state index in [1.807, 2.05) is 11.8 Å². The third-order valence-electron chi connectivity index (χ3n) is 4.43. The molecule has 7 heteroatoms. The number of hydrogen-bond donors (Lipinski definition) is 0. The van der Waals surface area contributed by atoms with Gasteiger partial charge in [-0.05, 0) is 32.6 Å². The summed E-state index contributed by atoms with van der Waals surface area (Å²) < 4.78 is 10.6. The monoisotopic (exact) mass is 302 g/mol. The van der Waals surface area contributed by atoms with Crippen molar-refractivity contribution < 1.29 is 13.7 Å². The van der Waals surface area contributed by atoms with Gasteiger partial charge in [-0.25, -0.2) is 4.98 Å². The summed E-state index contributed by atoms with van der Waals surface area (Å²) >= 11 is 0. The topological polar surface area (TPSA) is 85.3 Å². The number of carbonyl (C=O) groups excluding carboxylic acids is 1. The molecule has 4 rings (SSSR count). The largest absolute Gasteiger partial charge is 0.438 e. The Labute approximate surface area is 127 Å². The van der Waals surface area contributed by atoms with Crippen LogP contribution in [0, 0.1) is 6.92 Å². The van der Waals surface area contributed by atoms with Crippen molar-refractivity contribution in [2.24, 2.45) is 0 Å². The summed E-state index contributed by atoms with van der Waals surface area (Å²) in [6.45, 7) is 3.17. The minimum Gasteiger partial charge on any atom is -0.438 e. The molecule has 0 atom stereocenters. The number of likely N-dealkylation sites (tertiary alicyclic amines) is 1. The fourth-order valence-electron chi connectivity index (χ4n) is 3.01. The molecule has 1 aliphatic carbocycles. The van der Waals surface area contributed by atoms with E-state index in [0.717, 1.165) is 31.4 Å². The van der Waals surface area contributed by atoms with Gasteiger partial charge in [-0.3, -0.25) is 4.79 Å². The lowest BCUT2D eigenvalue weighted by Gasteiger charge is -2.29. The first-order chi connectivity index (χ1) is 10.7. The fourth-order valence-corrected chi connectivity index (χ4v) is 3.01. The van der Waals surface area contributed by atoms with Crippen LogP contribution in [0.1, 0.15) is 65.5 Å². The number of aryl methyl sites for hydroxylation is 1. The molecule has 0 aromatic carbocycles. The normalized spacial score (nSPS) is 19.6. The van der Waals surface area contributed by atoms with Gasteiger partial charge in [-0.2, -0.15) is 4.98 Å². The lowest BCUT2D eigenvalue weighted by atomic mass is 9.96. The molecule has 0 N–H and O–H groups in total. The standard InChI is InChI=1S/C15H18N4O3/c1-9-17-14(22-18-9)11-4-6-19(7-5-11)15(20)13-12(10-2-3-10)16-8-21-13/h8,10-11H,2-7H2,1H3. The third kappa shape index (κ3) is 2.40. The molecule has 0 spiro atoms. The summed E-state index contributed by atoms with van der Waals surface area (Å²) in [7, 11) is 0. The zero-order valence-electron chi connectivity index (χ0n) is 12.5. The van der Waals surface area contributed by atoms with Gasteiger partial charge < -0.3 is 13.8 Å². The summed E-state index contributed by atoms with van der Waals surface area (Å²) in [6, 6.07) is 0. The summed E-state index contributed by atoms with van der Waals surface area (Å²) in [5.74, 6) is 2.38. The van der Waals surface area contributed by atoms with Gasteiger partial charge in [0.25, 0.3) is 5.91 Å². The van der Waals surface area contributed by atoms with E-state index in [-0.39, 0.29) is 11.8 Å². The number of oxazole rings is 1. The molecule has 0 bridgehead atoms. The molecule has 1 saturated heterocycles. The molecule has 2 aliphatic rings. The van der Waals surface area contributed by atoms with Crippen LogP contribution in [-0.4, -0.2) is 39.0 Å². The summed E-state index contributed by atoms with van der Waals surface area (Å²) in [6.07, 6.45) is 5.26. The molecule has 3 heterocycles. The lowest BCUT2D eigenvalue weighted by Crippen LogP contribution is -2.38. The highest BCUT2D eigenvalue weighted by atomic mass is 16.5. The predicted molar refractivity (Wildman–Crippen MR) is 75.4 cm³/mol. The Morgan fingerprint density at radius 1 is 1.23 bits per heavy atom. The van der Waals surface area contributed by atoms with Crippen LogP contribution in [0.2, 0.25) is 0 Å². The second-order valence-corrected chi connectivity index (χ2v) is 6.09. The van der Waals surface area contributed by atoms with Crippen molar-refractivity contribution in [2.45, 2.75) is 44.4 Å². The average molecular weight is 302 g/mol. The first kappa shape index (κ1) is 13.5. The highest BCUT2D eigenvalue weighted by Crippen LogP contribution is 2.41. The van der Waals surface area contributed by atoms with Crippen LogP contribution in [0.5, 0.6) is 0 Å². The van der Waals surface area contributed by atoms with Gasteiger partial charge in [0, 0.05) is 24.9 Å². The van der Waals surface area contributed by atoms with Gasteiger partial charge in [0.05, 0.1) is 5.69 Å². The van der Waals surface area contributed by atoms with E-state index in [1.54, 1.807) is 0 Å². The highest BCUT2D eigenvalue weighted by Gasteiger charge is 2.35. The van der Waals surface area contributed by atoms with E-state index in [9.17, 15) is 4.79 Å². The van der Waals surface area contributed by atoms with Crippen LogP contribution in [0.15, 0.2) is 15.3 Å². The Bertz CT molecular complexity index is 681. The van der Waals surface area contributed by atoms with Crippen molar-refractivity contribution in [1.29, 1.82) is 0 Å². The molecule has 1 saturated carbocycles. The minimum atomic E-state index is -0.0421. The maximum atomic E-state index is 12.6. The molecule has 22 heavy (non-hydrogen) atoms. The van der Waals surface area contributed by atoms with E-state index in [1.165, 1.54) is 6.39 Å².